The first-order chi connectivity index (χ1) is 10.2. The molecule has 4 atom stereocenters. The number of carboxylic acids is 1. The highest BCUT2D eigenvalue weighted by molar-refractivity contribution is 5.78. The van der Waals surface area contributed by atoms with Crippen LogP contribution in [-0.2, 0) is 4.79 Å². The minimum atomic E-state index is -4.61. The lowest BCUT2D eigenvalue weighted by atomic mass is 9.87. The first-order valence-electron chi connectivity index (χ1n) is 7.53. The van der Waals surface area contributed by atoms with Crippen molar-refractivity contribution in [3.8, 4) is 0 Å². The Kier molecular flexibility index (Phi) is 4.87. The number of hydrogen-bond acceptors (Lipinski definition) is 2. The van der Waals surface area contributed by atoms with Crippen LogP contribution in [0.3, 0.4) is 0 Å². The Morgan fingerprint density at radius 2 is 1.91 bits per heavy atom. The average molecular weight is 322 g/mol. The van der Waals surface area contributed by atoms with Crippen LogP contribution >= 0.6 is 0 Å². The number of rotatable bonds is 2. The first-order valence-corrected chi connectivity index (χ1v) is 7.53. The number of carbonyl (C=O) groups is 2. The normalized spacial score (nSPS) is 32.8. The molecule has 1 saturated carbocycles. The summed E-state index contributed by atoms with van der Waals surface area (Å²) in [4.78, 5) is 24.1. The fourth-order valence-electron chi connectivity index (χ4n) is 3.38. The van der Waals surface area contributed by atoms with Gasteiger partial charge in [0.1, 0.15) is 0 Å². The molecule has 2 N–H and O–H groups in total. The summed E-state index contributed by atoms with van der Waals surface area (Å²) in [6.45, 7) is 1.09. The third-order valence-corrected chi connectivity index (χ3v) is 4.61. The molecular weight excluding hydrogens is 301 g/mol. The number of nitrogens with one attached hydrogen (secondary N) is 1. The van der Waals surface area contributed by atoms with E-state index >= 15 is 0 Å². The third kappa shape index (κ3) is 3.84. The number of carboxylic acid groups (broad SMARTS) is 1. The Morgan fingerprint density at radius 1 is 1.23 bits per heavy atom. The molecule has 1 aliphatic carbocycles. The van der Waals surface area contributed by atoms with E-state index in [0.717, 1.165) is 30.6 Å². The maximum Gasteiger partial charge on any atom is 0.394 e. The van der Waals surface area contributed by atoms with Crippen molar-refractivity contribution < 1.29 is 27.9 Å². The van der Waals surface area contributed by atoms with Crippen LogP contribution in [0.2, 0.25) is 0 Å². The molecular formula is C14H21F3N2O3. The minimum Gasteiger partial charge on any atom is -0.481 e. The third-order valence-electron chi connectivity index (χ3n) is 4.61. The minimum absolute atomic E-state index is 0.0375. The summed E-state index contributed by atoms with van der Waals surface area (Å²) in [6, 6.07) is -0.624. The molecule has 22 heavy (non-hydrogen) atoms. The van der Waals surface area contributed by atoms with Crippen molar-refractivity contribution in [2.45, 2.75) is 44.8 Å². The van der Waals surface area contributed by atoms with Crippen molar-refractivity contribution in [1.29, 1.82) is 0 Å². The molecule has 0 radical (unpaired) electrons. The molecule has 1 saturated heterocycles. The van der Waals surface area contributed by atoms with Gasteiger partial charge in [-0.15, -0.1) is 0 Å². The maximum atomic E-state index is 12.9. The maximum absolute atomic E-state index is 12.9. The van der Waals surface area contributed by atoms with E-state index in [4.69, 9.17) is 5.11 Å². The number of likely N-dealkylation sites (tertiary alicyclic amines) is 1. The largest absolute Gasteiger partial charge is 0.481 e. The molecule has 0 aromatic rings. The Balaban J connectivity index is 1.97. The van der Waals surface area contributed by atoms with Gasteiger partial charge in [0.15, 0.2) is 0 Å². The number of carbonyl (C=O) groups excluding carboxylic acids is 1. The second-order valence-electron chi connectivity index (χ2n) is 6.42. The molecule has 0 aromatic heterocycles. The first kappa shape index (κ1) is 16.9. The molecule has 1 heterocycles. The predicted octanol–water partition coefficient (Wildman–Crippen LogP) is 2.47. The summed E-state index contributed by atoms with van der Waals surface area (Å²) < 4.78 is 38.7. The second kappa shape index (κ2) is 6.34. The van der Waals surface area contributed by atoms with Gasteiger partial charge in [-0.2, -0.15) is 13.2 Å². The fourth-order valence-corrected chi connectivity index (χ4v) is 3.38. The molecule has 2 fully saturated rings. The zero-order valence-electron chi connectivity index (χ0n) is 12.4. The molecule has 2 unspecified atom stereocenters. The summed E-state index contributed by atoms with van der Waals surface area (Å²) in [5.41, 5.74) is 0. The number of amides is 2. The molecule has 0 bridgehead atoms. The zero-order chi connectivity index (χ0) is 16.5. The molecule has 5 nitrogen and oxygen atoms in total. The smallest absolute Gasteiger partial charge is 0.394 e. The predicted molar refractivity (Wildman–Crippen MR) is 72.2 cm³/mol. The SMILES string of the molecule is CC1CCCC(NC(=O)N2C[C@@H](C(F)(F)F)[C@H](C(=O)O)C2)C1. The van der Waals surface area contributed by atoms with Crippen LogP contribution < -0.4 is 5.32 Å². The fraction of sp³-hybridized carbons (Fsp3) is 0.857. The van der Waals surface area contributed by atoms with Gasteiger partial charge in [0.2, 0.25) is 0 Å². The van der Waals surface area contributed by atoms with Crippen LogP contribution in [0.5, 0.6) is 0 Å². The number of nitrogens with zero attached hydrogens (tertiary/aromatic N) is 1. The molecule has 0 aromatic carbocycles. The van der Waals surface area contributed by atoms with Crippen LogP contribution in [0.4, 0.5) is 18.0 Å². The summed E-state index contributed by atoms with van der Waals surface area (Å²) in [7, 11) is 0. The van der Waals surface area contributed by atoms with E-state index in [1.54, 1.807) is 0 Å². The van der Waals surface area contributed by atoms with Gasteiger partial charge in [0.05, 0.1) is 11.8 Å². The summed E-state index contributed by atoms with van der Waals surface area (Å²) >= 11 is 0. The van der Waals surface area contributed by atoms with Crippen LogP contribution in [-0.4, -0.2) is 47.3 Å². The van der Waals surface area contributed by atoms with Gasteiger partial charge < -0.3 is 15.3 Å². The molecule has 2 amide bonds. The van der Waals surface area contributed by atoms with Gasteiger partial charge in [-0.1, -0.05) is 19.8 Å². The standard InChI is InChI=1S/C14H21F3N2O3/c1-8-3-2-4-9(5-8)18-13(22)19-6-10(12(20)21)11(7-19)14(15,16)17/h8-11H,2-7H2,1H3,(H,18,22)(H,20,21)/t8?,9?,10-,11-/m1/s1. The van der Waals surface area contributed by atoms with E-state index in [2.05, 4.69) is 12.2 Å². The van der Waals surface area contributed by atoms with Gasteiger partial charge in [0, 0.05) is 19.1 Å². The number of alkyl halides is 3. The Bertz CT molecular complexity index is 442. The summed E-state index contributed by atoms with van der Waals surface area (Å²) in [5, 5.41) is 11.7. The molecule has 8 heteroatoms. The highest BCUT2D eigenvalue weighted by Gasteiger charge is 2.53. The van der Waals surface area contributed by atoms with Gasteiger partial charge in [-0.3, -0.25) is 4.79 Å². The Hall–Kier alpha value is -1.47. The van der Waals surface area contributed by atoms with Gasteiger partial charge >= 0.3 is 18.2 Å². The highest BCUT2D eigenvalue weighted by atomic mass is 19.4. The topological polar surface area (TPSA) is 69.6 Å². The lowest BCUT2D eigenvalue weighted by molar-refractivity contribution is -0.187. The molecule has 126 valence electrons. The van der Waals surface area contributed by atoms with Gasteiger partial charge in [0.25, 0.3) is 0 Å². The number of urea groups is 1. The van der Waals surface area contributed by atoms with Gasteiger partial charge in [-0.05, 0) is 18.8 Å². The monoisotopic (exact) mass is 322 g/mol. The van der Waals surface area contributed by atoms with Crippen LogP contribution in [0, 0.1) is 17.8 Å². The quantitative estimate of drug-likeness (QED) is 0.820. The van der Waals surface area contributed by atoms with Crippen LogP contribution in [0.15, 0.2) is 0 Å². The lowest BCUT2D eigenvalue weighted by Crippen LogP contribution is -2.45. The highest BCUT2D eigenvalue weighted by Crippen LogP contribution is 2.37. The Labute approximate surface area is 126 Å². The van der Waals surface area contributed by atoms with E-state index in [1.807, 2.05) is 0 Å². The van der Waals surface area contributed by atoms with E-state index in [-0.39, 0.29) is 6.04 Å². The second-order valence-corrected chi connectivity index (χ2v) is 6.42. The van der Waals surface area contributed by atoms with Crippen LogP contribution in [0.1, 0.15) is 32.6 Å². The van der Waals surface area contributed by atoms with Crippen molar-refractivity contribution in [3.63, 3.8) is 0 Å². The average Bonchev–Trinajstić information content (AvgIpc) is 2.83. The van der Waals surface area contributed by atoms with Gasteiger partial charge in [-0.25, -0.2) is 4.79 Å². The van der Waals surface area contributed by atoms with Crippen molar-refractivity contribution in [1.82, 2.24) is 10.2 Å². The van der Waals surface area contributed by atoms with E-state index in [9.17, 15) is 22.8 Å². The number of halogens is 3. The van der Waals surface area contributed by atoms with E-state index in [1.165, 1.54) is 0 Å². The summed E-state index contributed by atoms with van der Waals surface area (Å²) in [5.74, 6) is -4.62. The molecule has 0 spiro atoms. The summed E-state index contributed by atoms with van der Waals surface area (Å²) in [6.07, 6.45) is -0.917. The number of aliphatic carboxylic acids is 1. The lowest BCUT2D eigenvalue weighted by Gasteiger charge is -2.29. The molecule has 2 aliphatic rings. The van der Waals surface area contributed by atoms with Crippen molar-refractivity contribution in [3.05, 3.63) is 0 Å². The van der Waals surface area contributed by atoms with E-state index < -0.39 is 43.1 Å². The van der Waals surface area contributed by atoms with Crippen molar-refractivity contribution >= 4 is 12.0 Å². The molecule has 2 rings (SSSR count). The van der Waals surface area contributed by atoms with Crippen LogP contribution in [0.25, 0.3) is 0 Å². The van der Waals surface area contributed by atoms with Crippen molar-refractivity contribution in [2.75, 3.05) is 13.1 Å². The molecule has 1 aliphatic heterocycles. The van der Waals surface area contributed by atoms with E-state index in [0.29, 0.717) is 5.92 Å². The Morgan fingerprint density at radius 3 is 2.41 bits per heavy atom. The number of hydrogen-bond donors (Lipinski definition) is 2. The van der Waals surface area contributed by atoms with Crippen molar-refractivity contribution in [2.24, 2.45) is 17.8 Å². The zero-order valence-corrected chi connectivity index (χ0v) is 12.4.